The van der Waals surface area contributed by atoms with Crippen LogP contribution >= 0.6 is 0 Å². The Morgan fingerprint density at radius 2 is 1.52 bits per heavy atom. The third kappa shape index (κ3) is 4.85. The van der Waals surface area contributed by atoms with Crippen molar-refractivity contribution in [2.75, 3.05) is 5.32 Å². The molecule has 126 valence electrons. The van der Waals surface area contributed by atoms with Crippen molar-refractivity contribution in [1.82, 2.24) is 0 Å². The van der Waals surface area contributed by atoms with Crippen LogP contribution in [0.2, 0.25) is 0 Å². The van der Waals surface area contributed by atoms with Gasteiger partial charge in [-0.3, -0.25) is 0 Å². The SMILES string of the molecule is O=C(O)c1ccc(NCc2ccc(OCc3ccccc3)cc2)cc1. The van der Waals surface area contributed by atoms with Crippen LogP contribution in [0.3, 0.4) is 0 Å². The largest absolute Gasteiger partial charge is 0.489 e. The molecule has 0 aliphatic carbocycles. The van der Waals surface area contributed by atoms with Gasteiger partial charge in [0, 0.05) is 12.2 Å². The molecular formula is C21H19NO3. The van der Waals surface area contributed by atoms with Gasteiger partial charge >= 0.3 is 5.97 Å². The highest BCUT2D eigenvalue weighted by atomic mass is 16.5. The molecule has 0 spiro atoms. The zero-order valence-corrected chi connectivity index (χ0v) is 13.7. The molecule has 0 radical (unpaired) electrons. The molecule has 0 atom stereocenters. The number of hydrogen-bond acceptors (Lipinski definition) is 3. The molecule has 0 saturated carbocycles. The van der Waals surface area contributed by atoms with Crippen molar-refractivity contribution >= 4 is 11.7 Å². The van der Waals surface area contributed by atoms with E-state index in [-0.39, 0.29) is 5.56 Å². The standard InChI is InChI=1S/C21H19NO3/c23-21(24)18-8-10-19(11-9-18)22-14-16-6-12-20(13-7-16)25-15-17-4-2-1-3-5-17/h1-13,22H,14-15H2,(H,23,24). The first-order chi connectivity index (χ1) is 12.2. The summed E-state index contributed by atoms with van der Waals surface area (Å²) in [6.07, 6.45) is 0. The van der Waals surface area contributed by atoms with Crippen molar-refractivity contribution in [3.05, 3.63) is 95.6 Å². The second kappa shape index (κ2) is 8.02. The summed E-state index contributed by atoms with van der Waals surface area (Å²) in [7, 11) is 0. The van der Waals surface area contributed by atoms with Crippen LogP contribution in [-0.4, -0.2) is 11.1 Å². The number of carboxylic acid groups (broad SMARTS) is 1. The summed E-state index contributed by atoms with van der Waals surface area (Å²) < 4.78 is 5.77. The van der Waals surface area contributed by atoms with E-state index in [4.69, 9.17) is 9.84 Å². The van der Waals surface area contributed by atoms with Crippen LogP contribution in [0.5, 0.6) is 5.75 Å². The van der Waals surface area contributed by atoms with Crippen LogP contribution in [0.15, 0.2) is 78.9 Å². The van der Waals surface area contributed by atoms with Crippen LogP contribution in [0.4, 0.5) is 5.69 Å². The zero-order valence-electron chi connectivity index (χ0n) is 13.7. The number of rotatable bonds is 7. The van der Waals surface area contributed by atoms with E-state index in [1.165, 1.54) is 0 Å². The maximum absolute atomic E-state index is 10.8. The Morgan fingerprint density at radius 3 is 2.16 bits per heavy atom. The Morgan fingerprint density at radius 1 is 0.840 bits per heavy atom. The number of nitrogens with one attached hydrogen (secondary N) is 1. The van der Waals surface area contributed by atoms with E-state index in [1.54, 1.807) is 24.3 Å². The van der Waals surface area contributed by atoms with Crippen molar-refractivity contribution in [2.45, 2.75) is 13.2 Å². The molecule has 0 aliphatic heterocycles. The highest BCUT2D eigenvalue weighted by Crippen LogP contribution is 2.16. The number of anilines is 1. The molecule has 0 aliphatic rings. The van der Waals surface area contributed by atoms with Crippen LogP contribution in [0.25, 0.3) is 0 Å². The van der Waals surface area contributed by atoms with Gasteiger partial charge in [-0.25, -0.2) is 4.79 Å². The van der Waals surface area contributed by atoms with Crippen LogP contribution < -0.4 is 10.1 Å². The third-order valence-corrected chi connectivity index (χ3v) is 3.80. The average Bonchev–Trinajstić information content (AvgIpc) is 2.67. The number of aromatic carboxylic acids is 1. The monoisotopic (exact) mass is 333 g/mol. The third-order valence-electron chi connectivity index (χ3n) is 3.80. The first-order valence-corrected chi connectivity index (χ1v) is 8.03. The first kappa shape index (κ1) is 16.6. The lowest BCUT2D eigenvalue weighted by atomic mass is 10.2. The fraction of sp³-hybridized carbons (Fsp3) is 0.0952. The van der Waals surface area contributed by atoms with E-state index < -0.39 is 5.97 Å². The minimum atomic E-state index is -0.919. The molecule has 0 heterocycles. The second-order valence-electron chi connectivity index (χ2n) is 5.65. The molecule has 4 heteroatoms. The molecule has 0 aromatic heterocycles. The smallest absolute Gasteiger partial charge is 0.335 e. The summed E-state index contributed by atoms with van der Waals surface area (Å²) >= 11 is 0. The van der Waals surface area contributed by atoms with E-state index in [0.717, 1.165) is 22.6 Å². The van der Waals surface area contributed by atoms with Crippen molar-refractivity contribution in [1.29, 1.82) is 0 Å². The van der Waals surface area contributed by atoms with Crippen molar-refractivity contribution in [3.8, 4) is 5.75 Å². The Balaban J connectivity index is 1.51. The summed E-state index contributed by atoms with van der Waals surface area (Å²) in [5.74, 6) is -0.0870. The van der Waals surface area contributed by atoms with Crippen molar-refractivity contribution < 1.29 is 14.6 Å². The van der Waals surface area contributed by atoms with Gasteiger partial charge in [0.2, 0.25) is 0 Å². The number of ether oxygens (including phenoxy) is 1. The van der Waals surface area contributed by atoms with Crippen molar-refractivity contribution in [2.24, 2.45) is 0 Å². The van der Waals surface area contributed by atoms with Gasteiger partial charge in [-0.2, -0.15) is 0 Å². The molecule has 2 N–H and O–H groups in total. The Kier molecular flexibility index (Phi) is 5.32. The molecule has 3 aromatic rings. The highest BCUT2D eigenvalue weighted by molar-refractivity contribution is 5.87. The number of benzene rings is 3. The summed E-state index contributed by atoms with van der Waals surface area (Å²) in [4.78, 5) is 10.8. The fourth-order valence-electron chi connectivity index (χ4n) is 2.38. The zero-order chi connectivity index (χ0) is 17.5. The maximum Gasteiger partial charge on any atom is 0.335 e. The minimum Gasteiger partial charge on any atom is -0.489 e. The van der Waals surface area contributed by atoms with Gasteiger partial charge in [0.1, 0.15) is 12.4 Å². The average molecular weight is 333 g/mol. The van der Waals surface area contributed by atoms with E-state index in [0.29, 0.717) is 13.2 Å². The number of hydrogen-bond donors (Lipinski definition) is 2. The molecule has 25 heavy (non-hydrogen) atoms. The predicted molar refractivity (Wildman–Crippen MR) is 97.9 cm³/mol. The first-order valence-electron chi connectivity index (χ1n) is 8.03. The van der Waals surface area contributed by atoms with Crippen LogP contribution in [0, 0.1) is 0 Å². The van der Waals surface area contributed by atoms with Gasteiger partial charge in [-0.1, -0.05) is 42.5 Å². The highest BCUT2D eigenvalue weighted by Gasteiger charge is 2.02. The summed E-state index contributed by atoms with van der Waals surface area (Å²) in [6.45, 7) is 1.21. The van der Waals surface area contributed by atoms with Gasteiger partial charge in [0.05, 0.1) is 5.56 Å². The van der Waals surface area contributed by atoms with E-state index in [9.17, 15) is 4.79 Å². The molecule has 0 fully saturated rings. The fourth-order valence-corrected chi connectivity index (χ4v) is 2.38. The van der Waals surface area contributed by atoms with E-state index in [1.807, 2.05) is 54.6 Å². The van der Waals surface area contributed by atoms with Gasteiger partial charge < -0.3 is 15.2 Å². The summed E-state index contributed by atoms with van der Waals surface area (Å²) in [5, 5.41) is 12.2. The molecule has 4 nitrogen and oxygen atoms in total. The molecular weight excluding hydrogens is 314 g/mol. The summed E-state index contributed by atoms with van der Waals surface area (Å²) in [5.41, 5.74) is 3.42. The van der Waals surface area contributed by atoms with Gasteiger partial charge in [-0.15, -0.1) is 0 Å². The molecule has 0 unspecified atom stereocenters. The van der Waals surface area contributed by atoms with Gasteiger partial charge in [0.25, 0.3) is 0 Å². The Labute approximate surface area is 146 Å². The van der Waals surface area contributed by atoms with Gasteiger partial charge in [0.15, 0.2) is 0 Å². The maximum atomic E-state index is 10.8. The lowest BCUT2D eigenvalue weighted by molar-refractivity contribution is 0.0697. The summed E-state index contributed by atoms with van der Waals surface area (Å²) in [6, 6.07) is 24.7. The van der Waals surface area contributed by atoms with E-state index >= 15 is 0 Å². The lowest BCUT2D eigenvalue weighted by Gasteiger charge is -2.09. The molecule has 0 bridgehead atoms. The van der Waals surface area contributed by atoms with Crippen LogP contribution in [-0.2, 0) is 13.2 Å². The minimum absolute atomic E-state index is 0.283. The Bertz CT molecular complexity index is 812. The quantitative estimate of drug-likeness (QED) is 0.665. The molecule has 0 amide bonds. The van der Waals surface area contributed by atoms with Gasteiger partial charge in [-0.05, 0) is 47.5 Å². The molecule has 3 rings (SSSR count). The van der Waals surface area contributed by atoms with Crippen molar-refractivity contribution in [3.63, 3.8) is 0 Å². The van der Waals surface area contributed by atoms with E-state index in [2.05, 4.69) is 5.32 Å². The second-order valence-corrected chi connectivity index (χ2v) is 5.65. The lowest BCUT2D eigenvalue weighted by Crippen LogP contribution is -2.01. The molecule has 3 aromatic carbocycles. The predicted octanol–water partition coefficient (Wildman–Crippen LogP) is 4.58. The Hall–Kier alpha value is -3.27. The normalized spacial score (nSPS) is 10.2. The topological polar surface area (TPSA) is 58.6 Å². The number of carbonyl (C=O) groups is 1. The number of carboxylic acids is 1. The van der Waals surface area contributed by atoms with Crippen LogP contribution in [0.1, 0.15) is 21.5 Å². The molecule has 0 saturated heterocycles.